The third-order valence-electron chi connectivity index (χ3n) is 3.51. The van der Waals surface area contributed by atoms with E-state index >= 15 is 0 Å². The number of nitrogen functional groups attached to an aromatic ring is 1. The van der Waals surface area contributed by atoms with Gasteiger partial charge in [0, 0.05) is 12.1 Å². The molecule has 0 saturated carbocycles. The second-order valence-electron chi connectivity index (χ2n) is 4.89. The van der Waals surface area contributed by atoms with Gasteiger partial charge in [-0.3, -0.25) is 4.79 Å². The molecule has 0 bridgehead atoms. The summed E-state index contributed by atoms with van der Waals surface area (Å²) in [5, 5.41) is 4.50. The van der Waals surface area contributed by atoms with Crippen LogP contribution >= 0.6 is 0 Å². The quantitative estimate of drug-likeness (QED) is 0.820. The molecule has 1 aromatic carbocycles. The fourth-order valence-corrected chi connectivity index (χ4v) is 2.19. The third-order valence-corrected chi connectivity index (χ3v) is 3.51. The third kappa shape index (κ3) is 2.74. The van der Waals surface area contributed by atoms with Gasteiger partial charge in [-0.05, 0) is 18.4 Å². The Hall–Kier alpha value is -2.10. The lowest BCUT2D eigenvalue weighted by Gasteiger charge is -2.01. The topological polar surface area (TPSA) is 60.9 Å². The van der Waals surface area contributed by atoms with Crippen LogP contribution in [0.15, 0.2) is 24.3 Å². The van der Waals surface area contributed by atoms with Crippen molar-refractivity contribution in [2.45, 2.75) is 39.7 Å². The van der Waals surface area contributed by atoms with Gasteiger partial charge in [0.25, 0.3) is 0 Å². The summed E-state index contributed by atoms with van der Waals surface area (Å²) >= 11 is 0. The van der Waals surface area contributed by atoms with Crippen molar-refractivity contribution in [3.05, 3.63) is 35.4 Å². The van der Waals surface area contributed by atoms with Gasteiger partial charge in [0.1, 0.15) is 11.5 Å². The zero-order valence-corrected chi connectivity index (χ0v) is 12.1. The molecule has 2 aromatic rings. The molecule has 4 heteroatoms. The van der Waals surface area contributed by atoms with Crippen LogP contribution in [0.4, 0.5) is 5.82 Å². The normalized spacial score (nSPS) is 10.7. The highest BCUT2D eigenvalue weighted by atomic mass is 16.1. The molecule has 0 spiro atoms. The van der Waals surface area contributed by atoms with E-state index in [2.05, 4.69) is 31.1 Å². The van der Waals surface area contributed by atoms with E-state index in [1.807, 2.05) is 12.1 Å². The lowest BCUT2D eigenvalue weighted by Crippen LogP contribution is -2.05. The Morgan fingerprint density at radius 2 is 1.95 bits per heavy atom. The van der Waals surface area contributed by atoms with Crippen LogP contribution in [0, 0.1) is 0 Å². The highest BCUT2D eigenvalue weighted by molar-refractivity contribution is 5.91. The van der Waals surface area contributed by atoms with E-state index in [9.17, 15) is 4.79 Å². The predicted octanol–water partition coefficient (Wildman–Crippen LogP) is 3.31. The number of carbonyl (C=O) groups is 1. The van der Waals surface area contributed by atoms with Crippen LogP contribution in [0.2, 0.25) is 0 Å². The van der Waals surface area contributed by atoms with Gasteiger partial charge in [-0.25, -0.2) is 4.68 Å². The SMILES string of the molecule is CCCCn1nc(-c2ccc(CC)cc2)c(C=O)c1N. The standard InChI is InChI=1S/C16H21N3O/c1-3-5-10-19-16(17)14(11-20)15(18-19)13-8-6-12(4-2)7-9-13/h6-9,11H,3-5,10,17H2,1-2H3. The summed E-state index contributed by atoms with van der Waals surface area (Å²) in [5.74, 6) is 0.461. The molecule has 106 valence electrons. The van der Waals surface area contributed by atoms with Gasteiger partial charge in [-0.2, -0.15) is 5.10 Å². The maximum atomic E-state index is 11.3. The maximum Gasteiger partial charge on any atom is 0.156 e. The van der Waals surface area contributed by atoms with Gasteiger partial charge in [0.2, 0.25) is 0 Å². The number of hydrogen-bond donors (Lipinski definition) is 1. The highest BCUT2D eigenvalue weighted by Crippen LogP contribution is 2.26. The molecule has 1 aromatic heterocycles. The average molecular weight is 271 g/mol. The van der Waals surface area contributed by atoms with E-state index in [0.29, 0.717) is 17.1 Å². The fraction of sp³-hybridized carbons (Fsp3) is 0.375. The minimum Gasteiger partial charge on any atom is -0.383 e. The fourth-order valence-electron chi connectivity index (χ4n) is 2.19. The first-order chi connectivity index (χ1) is 9.71. The van der Waals surface area contributed by atoms with Crippen LogP contribution in [0.5, 0.6) is 0 Å². The molecular weight excluding hydrogens is 250 g/mol. The number of anilines is 1. The molecule has 0 atom stereocenters. The zero-order chi connectivity index (χ0) is 14.5. The Kier molecular flexibility index (Phi) is 4.56. The Balaban J connectivity index is 2.41. The van der Waals surface area contributed by atoms with Gasteiger partial charge in [0.15, 0.2) is 6.29 Å². The molecule has 0 aliphatic heterocycles. The van der Waals surface area contributed by atoms with Gasteiger partial charge in [-0.1, -0.05) is 44.5 Å². The number of unbranched alkanes of at least 4 members (excludes halogenated alkanes) is 1. The van der Waals surface area contributed by atoms with Gasteiger partial charge in [-0.15, -0.1) is 0 Å². The van der Waals surface area contributed by atoms with Crippen molar-refractivity contribution in [3.63, 3.8) is 0 Å². The van der Waals surface area contributed by atoms with Crippen molar-refractivity contribution in [1.29, 1.82) is 0 Å². The molecule has 4 nitrogen and oxygen atoms in total. The number of hydrogen-bond acceptors (Lipinski definition) is 3. The van der Waals surface area contributed by atoms with Crippen molar-refractivity contribution < 1.29 is 4.79 Å². The molecule has 0 radical (unpaired) electrons. The van der Waals surface area contributed by atoms with Crippen molar-refractivity contribution in [3.8, 4) is 11.3 Å². The second kappa shape index (κ2) is 6.37. The van der Waals surface area contributed by atoms with E-state index in [1.54, 1.807) is 4.68 Å². The summed E-state index contributed by atoms with van der Waals surface area (Å²) in [6, 6.07) is 8.12. The number of carbonyl (C=O) groups excluding carboxylic acids is 1. The van der Waals surface area contributed by atoms with Gasteiger partial charge >= 0.3 is 0 Å². The number of aromatic nitrogens is 2. The minimum atomic E-state index is 0.461. The summed E-state index contributed by atoms with van der Waals surface area (Å²) in [5.41, 5.74) is 9.39. The molecule has 2 N–H and O–H groups in total. The lowest BCUT2D eigenvalue weighted by molar-refractivity contribution is 0.112. The lowest BCUT2D eigenvalue weighted by atomic mass is 10.1. The molecule has 0 aliphatic rings. The second-order valence-corrected chi connectivity index (χ2v) is 4.89. The predicted molar refractivity (Wildman–Crippen MR) is 81.7 cm³/mol. The molecule has 20 heavy (non-hydrogen) atoms. The highest BCUT2D eigenvalue weighted by Gasteiger charge is 2.16. The van der Waals surface area contributed by atoms with Gasteiger partial charge < -0.3 is 5.73 Å². The molecule has 0 amide bonds. The zero-order valence-electron chi connectivity index (χ0n) is 12.1. The van der Waals surface area contributed by atoms with Crippen molar-refractivity contribution in [2.24, 2.45) is 0 Å². The monoisotopic (exact) mass is 271 g/mol. The summed E-state index contributed by atoms with van der Waals surface area (Å²) < 4.78 is 1.73. The van der Waals surface area contributed by atoms with E-state index in [4.69, 9.17) is 5.73 Å². The Bertz CT molecular complexity index is 585. The van der Waals surface area contributed by atoms with E-state index < -0.39 is 0 Å². The molecule has 0 saturated heterocycles. The molecule has 2 rings (SSSR count). The van der Waals surface area contributed by atoms with Crippen LogP contribution in [0.25, 0.3) is 11.3 Å². The molecule has 0 aliphatic carbocycles. The maximum absolute atomic E-state index is 11.3. The summed E-state index contributed by atoms with van der Waals surface area (Å²) in [4.78, 5) is 11.3. The first-order valence-electron chi connectivity index (χ1n) is 7.12. The number of aryl methyl sites for hydroxylation is 2. The molecule has 0 fully saturated rings. The van der Waals surface area contributed by atoms with E-state index in [-0.39, 0.29) is 0 Å². The minimum absolute atomic E-state index is 0.461. The van der Waals surface area contributed by atoms with Crippen molar-refractivity contribution in [1.82, 2.24) is 9.78 Å². The van der Waals surface area contributed by atoms with Crippen LogP contribution in [-0.4, -0.2) is 16.1 Å². The van der Waals surface area contributed by atoms with E-state index in [1.165, 1.54) is 5.56 Å². The van der Waals surface area contributed by atoms with Crippen LogP contribution in [0.1, 0.15) is 42.6 Å². The first-order valence-corrected chi connectivity index (χ1v) is 7.12. The molecule has 0 unspecified atom stereocenters. The smallest absolute Gasteiger partial charge is 0.156 e. The Morgan fingerprint density at radius 1 is 1.25 bits per heavy atom. The van der Waals surface area contributed by atoms with Crippen molar-refractivity contribution in [2.75, 3.05) is 5.73 Å². The van der Waals surface area contributed by atoms with Crippen LogP contribution in [0.3, 0.4) is 0 Å². The first kappa shape index (κ1) is 14.3. The number of nitrogens with zero attached hydrogens (tertiary/aromatic N) is 2. The van der Waals surface area contributed by atoms with Crippen LogP contribution in [-0.2, 0) is 13.0 Å². The number of benzene rings is 1. The Morgan fingerprint density at radius 3 is 2.50 bits per heavy atom. The van der Waals surface area contributed by atoms with E-state index in [0.717, 1.165) is 37.7 Å². The largest absolute Gasteiger partial charge is 0.383 e. The van der Waals surface area contributed by atoms with Gasteiger partial charge in [0.05, 0.1) is 5.56 Å². The number of aldehydes is 1. The number of rotatable bonds is 6. The number of nitrogens with two attached hydrogens (primary N) is 1. The summed E-state index contributed by atoms with van der Waals surface area (Å²) in [6.45, 7) is 4.98. The van der Waals surface area contributed by atoms with Crippen LogP contribution < -0.4 is 5.73 Å². The molecular formula is C16H21N3O. The Labute approximate surface area is 119 Å². The molecule has 1 heterocycles. The summed E-state index contributed by atoms with van der Waals surface area (Å²) in [7, 11) is 0. The summed E-state index contributed by atoms with van der Waals surface area (Å²) in [6.07, 6.45) is 3.86. The van der Waals surface area contributed by atoms with Crippen molar-refractivity contribution >= 4 is 12.1 Å². The average Bonchev–Trinajstić information content (AvgIpc) is 2.81.